The summed E-state index contributed by atoms with van der Waals surface area (Å²) in [4.78, 5) is 24.2. The molecule has 0 aliphatic heterocycles. The summed E-state index contributed by atoms with van der Waals surface area (Å²) in [5.41, 5.74) is 11.3. The molecule has 0 heterocycles. The van der Waals surface area contributed by atoms with Gasteiger partial charge in [0, 0.05) is 11.6 Å². The quantitative estimate of drug-likeness (QED) is 0.338. The number of carbonyl (C=O) groups excluding carboxylic acids is 2. The number of hydrogen-bond acceptors (Lipinski definition) is 5. The largest absolute Gasteiger partial charge is 0.326 e. The summed E-state index contributed by atoms with van der Waals surface area (Å²) in [6.07, 6.45) is 3.64. The van der Waals surface area contributed by atoms with Crippen LogP contribution in [0.2, 0.25) is 0 Å². The lowest BCUT2D eigenvalue weighted by Gasteiger charge is -2.39. The molecular formula is C26H31N3O2. The van der Waals surface area contributed by atoms with Gasteiger partial charge in [0.05, 0.1) is 23.6 Å². The molecule has 1 aliphatic rings. The van der Waals surface area contributed by atoms with E-state index in [1.54, 1.807) is 6.07 Å². The zero-order valence-corrected chi connectivity index (χ0v) is 18.6. The molecule has 5 nitrogen and oxygen atoms in total. The van der Waals surface area contributed by atoms with Crippen molar-refractivity contribution in [2.24, 2.45) is 5.73 Å². The van der Waals surface area contributed by atoms with Gasteiger partial charge in [-0.2, -0.15) is 5.26 Å². The Labute approximate surface area is 184 Å². The van der Waals surface area contributed by atoms with Crippen molar-refractivity contribution in [3.05, 3.63) is 58.7 Å². The Bertz CT molecular complexity index is 1040. The van der Waals surface area contributed by atoms with E-state index in [0.717, 1.165) is 54.5 Å². The number of rotatable bonds is 10. The van der Waals surface area contributed by atoms with E-state index in [2.05, 4.69) is 25.2 Å². The Morgan fingerprint density at radius 3 is 2.39 bits per heavy atom. The van der Waals surface area contributed by atoms with Crippen molar-refractivity contribution in [1.82, 2.24) is 5.32 Å². The molecule has 0 bridgehead atoms. The SMILES string of the molecule is CCCCNC1(C(N)CCC)c2cc(C#N)ccc2-c2ccc(C(=O)CC(C)=O)cc21. The third-order valence-corrected chi connectivity index (χ3v) is 6.13. The maximum absolute atomic E-state index is 12.7. The topological polar surface area (TPSA) is 96.0 Å². The summed E-state index contributed by atoms with van der Waals surface area (Å²) in [6.45, 7) is 6.45. The second-order valence-electron chi connectivity index (χ2n) is 8.42. The van der Waals surface area contributed by atoms with Crippen LogP contribution in [0.25, 0.3) is 11.1 Å². The van der Waals surface area contributed by atoms with Crippen LogP contribution in [-0.4, -0.2) is 24.2 Å². The summed E-state index contributed by atoms with van der Waals surface area (Å²) in [5.74, 6) is -0.335. The number of nitrogens with zero attached hydrogens (tertiary/aromatic N) is 1. The first-order valence-corrected chi connectivity index (χ1v) is 11.1. The van der Waals surface area contributed by atoms with Gasteiger partial charge in [0.25, 0.3) is 0 Å². The van der Waals surface area contributed by atoms with Gasteiger partial charge in [0.2, 0.25) is 0 Å². The first kappa shape index (κ1) is 22.9. The van der Waals surface area contributed by atoms with Crippen molar-refractivity contribution < 1.29 is 9.59 Å². The molecule has 5 heteroatoms. The number of carbonyl (C=O) groups is 2. The molecule has 3 rings (SSSR count). The maximum Gasteiger partial charge on any atom is 0.170 e. The fourth-order valence-electron chi connectivity index (χ4n) is 4.64. The van der Waals surface area contributed by atoms with E-state index in [9.17, 15) is 14.9 Å². The molecule has 0 amide bonds. The smallest absolute Gasteiger partial charge is 0.170 e. The highest BCUT2D eigenvalue weighted by Crippen LogP contribution is 2.50. The van der Waals surface area contributed by atoms with Gasteiger partial charge in [0.1, 0.15) is 5.78 Å². The fraction of sp³-hybridized carbons (Fsp3) is 0.423. The van der Waals surface area contributed by atoms with Crippen molar-refractivity contribution in [1.29, 1.82) is 5.26 Å². The lowest BCUT2D eigenvalue weighted by molar-refractivity contribution is -0.116. The van der Waals surface area contributed by atoms with Crippen LogP contribution >= 0.6 is 0 Å². The van der Waals surface area contributed by atoms with Crippen molar-refractivity contribution in [2.45, 2.75) is 64.5 Å². The number of hydrogen-bond donors (Lipinski definition) is 2. The Hall–Kier alpha value is -2.81. The van der Waals surface area contributed by atoms with Gasteiger partial charge in [-0.25, -0.2) is 0 Å². The average molecular weight is 418 g/mol. The second-order valence-corrected chi connectivity index (χ2v) is 8.42. The molecule has 162 valence electrons. The fourth-order valence-corrected chi connectivity index (χ4v) is 4.64. The monoisotopic (exact) mass is 417 g/mol. The van der Waals surface area contributed by atoms with Crippen LogP contribution in [0.1, 0.15) is 79.9 Å². The van der Waals surface area contributed by atoms with E-state index in [0.29, 0.717) is 11.1 Å². The van der Waals surface area contributed by atoms with E-state index in [4.69, 9.17) is 5.73 Å². The normalized spacial score (nSPS) is 17.5. The summed E-state index contributed by atoms with van der Waals surface area (Å²) < 4.78 is 0. The molecule has 0 spiro atoms. The standard InChI is InChI=1S/C26H31N3O2/c1-4-6-12-29-26(25(28)7-5-2)22-14-18(16-27)8-10-20(22)21-11-9-19(15-23(21)26)24(31)13-17(3)30/h8-11,14-15,25,29H,4-7,12-13,28H2,1-3H3. The highest BCUT2D eigenvalue weighted by molar-refractivity contribution is 6.08. The third-order valence-electron chi connectivity index (χ3n) is 6.13. The lowest BCUT2D eigenvalue weighted by Crippen LogP contribution is -2.55. The number of benzene rings is 2. The van der Waals surface area contributed by atoms with Crippen LogP contribution < -0.4 is 11.1 Å². The van der Waals surface area contributed by atoms with E-state index < -0.39 is 5.54 Å². The van der Waals surface area contributed by atoms with Gasteiger partial charge in [-0.05, 0) is 66.8 Å². The number of nitrogens with one attached hydrogen (secondary N) is 1. The molecule has 0 saturated carbocycles. The number of unbranched alkanes of at least 4 members (excludes halogenated alkanes) is 1. The first-order valence-electron chi connectivity index (χ1n) is 11.1. The van der Waals surface area contributed by atoms with E-state index in [1.165, 1.54) is 6.92 Å². The van der Waals surface area contributed by atoms with Crippen LogP contribution in [0.4, 0.5) is 0 Å². The molecule has 3 N–H and O–H groups in total. The summed E-state index contributed by atoms with van der Waals surface area (Å²) in [5, 5.41) is 13.3. The van der Waals surface area contributed by atoms with Gasteiger partial charge in [-0.3, -0.25) is 9.59 Å². The highest BCUT2D eigenvalue weighted by atomic mass is 16.1. The molecule has 1 aliphatic carbocycles. The molecule has 2 aromatic rings. The van der Waals surface area contributed by atoms with Crippen molar-refractivity contribution in [2.75, 3.05) is 6.54 Å². The minimum Gasteiger partial charge on any atom is -0.326 e. The van der Waals surface area contributed by atoms with Crippen LogP contribution in [0.3, 0.4) is 0 Å². The average Bonchev–Trinajstić information content (AvgIpc) is 3.03. The molecule has 2 unspecified atom stereocenters. The predicted molar refractivity (Wildman–Crippen MR) is 123 cm³/mol. The highest BCUT2D eigenvalue weighted by Gasteiger charge is 2.47. The van der Waals surface area contributed by atoms with Crippen LogP contribution in [0.5, 0.6) is 0 Å². The van der Waals surface area contributed by atoms with Gasteiger partial charge in [-0.15, -0.1) is 0 Å². The number of nitriles is 1. The molecular weight excluding hydrogens is 386 g/mol. The summed E-state index contributed by atoms with van der Waals surface area (Å²) in [6, 6.07) is 13.4. The van der Waals surface area contributed by atoms with Crippen LogP contribution in [0, 0.1) is 11.3 Å². The second kappa shape index (κ2) is 9.55. The Kier molecular flexibility index (Phi) is 7.04. The van der Waals surface area contributed by atoms with Crippen molar-refractivity contribution in [3.8, 4) is 17.2 Å². The lowest BCUT2D eigenvalue weighted by atomic mass is 9.78. The molecule has 0 fully saturated rings. The molecule has 31 heavy (non-hydrogen) atoms. The molecule has 0 saturated heterocycles. The number of Topliss-reactive ketones (excluding diaryl/α,β-unsaturated/α-hetero) is 2. The molecule has 0 aromatic heterocycles. The molecule has 2 aromatic carbocycles. The Balaban J connectivity index is 2.25. The van der Waals surface area contributed by atoms with E-state index in [-0.39, 0.29) is 24.0 Å². The predicted octanol–water partition coefficient (Wildman–Crippen LogP) is 4.46. The zero-order valence-electron chi connectivity index (χ0n) is 18.6. The van der Waals surface area contributed by atoms with Gasteiger partial charge in [-0.1, -0.05) is 44.9 Å². The Morgan fingerprint density at radius 2 is 1.77 bits per heavy atom. The maximum atomic E-state index is 12.7. The summed E-state index contributed by atoms with van der Waals surface area (Å²) >= 11 is 0. The van der Waals surface area contributed by atoms with Gasteiger partial charge >= 0.3 is 0 Å². The third kappa shape index (κ3) is 4.19. The Morgan fingerprint density at radius 1 is 1.10 bits per heavy atom. The molecule has 2 atom stereocenters. The van der Waals surface area contributed by atoms with Gasteiger partial charge in [0.15, 0.2) is 5.78 Å². The van der Waals surface area contributed by atoms with Crippen LogP contribution in [0.15, 0.2) is 36.4 Å². The zero-order chi connectivity index (χ0) is 22.6. The minimum absolute atomic E-state index is 0.110. The number of nitrogens with two attached hydrogens (primary N) is 1. The minimum atomic E-state index is -0.685. The first-order chi connectivity index (χ1) is 14.9. The van der Waals surface area contributed by atoms with Gasteiger partial charge < -0.3 is 11.1 Å². The van der Waals surface area contributed by atoms with Crippen molar-refractivity contribution >= 4 is 11.6 Å². The number of ketones is 2. The number of fused-ring (bicyclic) bond motifs is 3. The van der Waals surface area contributed by atoms with E-state index in [1.807, 2.05) is 30.3 Å². The molecule has 0 radical (unpaired) electrons. The van der Waals surface area contributed by atoms with Crippen LogP contribution in [-0.2, 0) is 10.3 Å². The van der Waals surface area contributed by atoms with E-state index >= 15 is 0 Å². The summed E-state index contributed by atoms with van der Waals surface area (Å²) in [7, 11) is 0. The van der Waals surface area contributed by atoms with Crippen molar-refractivity contribution in [3.63, 3.8) is 0 Å².